The van der Waals surface area contributed by atoms with Crippen molar-refractivity contribution in [2.45, 2.75) is 25.3 Å². The molecule has 3 heteroatoms. The molecule has 0 heterocycles. The van der Waals surface area contributed by atoms with Gasteiger partial charge in [-0.15, -0.1) is 0 Å². The van der Waals surface area contributed by atoms with Crippen molar-refractivity contribution in [3.05, 3.63) is 35.9 Å². The van der Waals surface area contributed by atoms with Gasteiger partial charge in [-0.3, -0.25) is 0 Å². The maximum atomic E-state index is 8.96. The smallest absolute Gasteiger partial charge is 0.0585 e. The van der Waals surface area contributed by atoms with E-state index in [1.165, 1.54) is 5.56 Å². The van der Waals surface area contributed by atoms with E-state index >= 15 is 0 Å². The standard InChI is InChI=1S/C14H23NO2/c1-15-14(12-16)9-11-17-10-5-8-13-6-3-2-4-7-13/h2-4,6-7,14-16H,5,8-12H2,1H3. The van der Waals surface area contributed by atoms with Crippen molar-refractivity contribution in [3.8, 4) is 0 Å². The Morgan fingerprint density at radius 2 is 2.00 bits per heavy atom. The molecular weight excluding hydrogens is 214 g/mol. The summed E-state index contributed by atoms with van der Waals surface area (Å²) in [5, 5.41) is 12.0. The lowest BCUT2D eigenvalue weighted by Gasteiger charge is -2.12. The number of nitrogens with one attached hydrogen (secondary N) is 1. The van der Waals surface area contributed by atoms with Crippen LogP contribution in [0, 0.1) is 0 Å². The second kappa shape index (κ2) is 9.16. The number of hydrogen-bond donors (Lipinski definition) is 2. The van der Waals surface area contributed by atoms with Gasteiger partial charge in [0, 0.05) is 19.3 Å². The number of hydrogen-bond acceptors (Lipinski definition) is 3. The predicted molar refractivity (Wildman–Crippen MR) is 70.1 cm³/mol. The number of ether oxygens (including phenoxy) is 1. The number of rotatable bonds is 9. The summed E-state index contributed by atoms with van der Waals surface area (Å²) in [4.78, 5) is 0. The molecule has 3 nitrogen and oxygen atoms in total. The first-order valence-corrected chi connectivity index (χ1v) is 6.26. The molecule has 1 aromatic rings. The van der Waals surface area contributed by atoms with Gasteiger partial charge >= 0.3 is 0 Å². The monoisotopic (exact) mass is 237 g/mol. The highest BCUT2D eigenvalue weighted by Gasteiger charge is 2.02. The number of likely N-dealkylation sites (N-methyl/N-ethyl adjacent to an activating group) is 1. The number of aliphatic hydroxyl groups is 1. The van der Waals surface area contributed by atoms with Gasteiger partial charge in [0.2, 0.25) is 0 Å². The van der Waals surface area contributed by atoms with Crippen molar-refractivity contribution in [1.29, 1.82) is 0 Å². The Kier molecular flexibility index (Phi) is 7.63. The molecule has 0 aromatic heterocycles. The van der Waals surface area contributed by atoms with E-state index in [0.29, 0.717) is 6.61 Å². The number of aryl methyl sites for hydroxylation is 1. The zero-order chi connectivity index (χ0) is 12.3. The summed E-state index contributed by atoms with van der Waals surface area (Å²) < 4.78 is 5.54. The third-order valence-electron chi connectivity index (χ3n) is 2.84. The molecule has 0 amide bonds. The van der Waals surface area contributed by atoms with Crippen LogP contribution in [-0.2, 0) is 11.2 Å². The maximum absolute atomic E-state index is 8.96. The van der Waals surface area contributed by atoms with Gasteiger partial charge in [-0.25, -0.2) is 0 Å². The average molecular weight is 237 g/mol. The summed E-state index contributed by atoms with van der Waals surface area (Å²) in [6.45, 7) is 1.67. The van der Waals surface area contributed by atoms with E-state index in [9.17, 15) is 0 Å². The molecule has 0 bridgehead atoms. The van der Waals surface area contributed by atoms with Gasteiger partial charge in [0.15, 0.2) is 0 Å². The SMILES string of the molecule is CNC(CO)CCOCCCc1ccccc1. The fraction of sp³-hybridized carbons (Fsp3) is 0.571. The summed E-state index contributed by atoms with van der Waals surface area (Å²) in [6, 6.07) is 10.6. The number of aliphatic hydroxyl groups excluding tert-OH is 1. The maximum Gasteiger partial charge on any atom is 0.0585 e. The zero-order valence-corrected chi connectivity index (χ0v) is 10.6. The van der Waals surface area contributed by atoms with Crippen molar-refractivity contribution in [2.24, 2.45) is 0 Å². The van der Waals surface area contributed by atoms with E-state index in [1.807, 2.05) is 13.1 Å². The average Bonchev–Trinajstić information content (AvgIpc) is 2.39. The first-order chi connectivity index (χ1) is 8.36. The Bertz CT molecular complexity index is 273. The second-order valence-electron chi connectivity index (χ2n) is 4.16. The van der Waals surface area contributed by atoms with Crippen LogP contribution in [0.2, 0.25) is 0 Å². The molecule has 0 radical (unpaired) electrons. The van der Waals surface area contributed by atoms with E-state index in [4.69, 9.17) is 9.84 Å². The molecular formula is C14H23NO2. The van der Waals surface area contributed by atoms with E-state index < -0.39 is 0 Å². The molecule has 0 aliphatic heterocycles. The van der Waals surface area contributed by atoms with E-state index in [0.717, 1.165) is 25.9 Å². The summed E-state index contributed by atoms with van der Waals surface area (Å²) in [5.41, 5.74) is 1.36. The first-order valence-electron chi connectivity index (χ1n) is 6.26. The van der Waals surface area contributed by atoms with Crippen LogP contribution in [0.1, 0.15) is 18.4 Å². The van der Waals surface area contributed by atoms with Crippen molar-refractivity contribution in [1.82, 2.24) is 5.32 Å². The van der Waals surface area contributed by atoms with Crippen molar-refractivity contribution < 1.29 is 9.84 Å². The highest BCUT2D eigenvalue weighted by Crippen LogP contribution is 2.02. The van der Waals surface area contributed by atoms with Crippen LogP contribution in [0.3, 0.4) is 0 Å². The molecule has 96 valence electrons. The fourth-order valence-electron chi connectivity index (χ4n) is 1.68. The Labute approximate surface area is 104 Å². The van der Waals surface area contributed by atoms with Gasteiger partial charge in [-0.05, 0) is 31.9 Å². The Hall–Kier alpha value is -0.900. The molecule has 0 saturated carbocycles. The predicted octanol–water partition coefficient (Wildman–Crippen LogP) is 1.61. The van der Waals surface area contributed by atoms with Crippen LogP contribution < -0.4 is 5.32 Å². The van der Waals surface area contributed by atoms with Gasteiger partial charge in [0.1, 0.15) is 0 Å². The Morgan fingerprint density at radius 1 is 1.24 bits per heavy atom. The van der Waals surface area contributed by atoms with Gasteiger partial charge in [-0.2, -0.15) is 0 Å². The third-order valence-corrected chi connectivity index (χ3v) is 2.84. The van der Waals surface area contributed by atoms with Crippen LogP contribution in [0.25, 0.3) is 0 Å². The Morgan fingerprint density at radius 3 is 2.65 bits per heavy atom. The second-order valence-corrected chi connectivity index (χ2v) is 4.16. The lowest BCUT2D eigenvalue weighted by molar-refractivity contribution is 0.113. The van der Waals surface area contributed by atoms with E-state index in [1.54, 1.807) is 0 Å². The zero-order valence-electron chi connectivity index (χ0n) is 10.6. The van der Waals surface area contributed by atoms with E-state index in [2.05, 4.69) is 29.6 Å². The summed E-state index contributed by atoms with van der Waals surface area (Å²) in [7, 11) is 1.86. The van der Waals surface area contributed by atoms with Crippen LogP contribution >= 0.6 is 0 Å². The molecule has 2 N–H and O–H groups in total. The lowest BCUT2D eigenvalue weighted by atomic mass is 10.1. The topological polar surface area (TPSA) is 41.5 Å². The molecule has 1 unspecified atom stereocenters. The van der Waals surface area contributed by atoms with Crippen LogP contribution in [0.5, 0.6) is 0 Å². The lowest BCUT2D eigenvalue weighted by Crippen LogP contribution is -2.30. The molecule has 0 aliphatic carbocycles. The molecule has 0 aliphatic rings. The van der Waals surface area contributed by atoms with Gasteiger partial charge in [0.05, 0.1) is 6.61 Å². The van der Waals surface area contributed by atoms with E-state index in [-0.39, 0.29) is 12.6 Å². The summed E-state index contributed by atoms with van der Waals surface area (Å²) in [6.07, 6.45) is 2.97. The van der Waals surface area contributed by atoms with Crippen LogP contribution in [-0.4, -0.2) is 38.0 Å². The van der Waals surface area contributed by atoms with Crippen molar-refractivity contribution in [3.63, 3.8) is 0 Å². The highest BCUT2D eigenvalue weighted by atomic mass is 16.5. The molecule has 17 heavy (non-hydrogen) atoms. The summed E-state index contributed by atoms with van der Waals surface area (Å²) in [5.74, 6) is 0. The largest absolute Gasteiger partial charge is 0.395 e. The van der Waals surface area contributed by atoms with Gasteiger partial charge < -0.3 is 15.2 Å². The molecule has 1 atom stereocenters. The van der Waals surface area contributed by atoms with Crippen molar-refractivity contribution >= 4 is 0 Å². The minimum absolute atomic E-state index is 0.157. The minimum Gasteiger partial charge on any atom is -0.395 e. The normalized spacial score (nSPS) is 12.6. The quantitative estimate of drug-likeness (QED) is 0.641. The van der Waals surface area contributed by atoms with Crippen LogP contribution in [0.15, 0.2) is 30.3 Å². The molecule has 1 rings (SSSR count). The minimum atomic E-state index is 0.157. The number of benzene rings is 1. The summed E-state index contributed by atoms with van der Waals surface area (Å²) >= 11 is 0. The van der Waals surface area contributed by atoms with Crippen molar-refractivity contribution in [2.75, 3.05) is 26.9 Å². The highest BCUT2D eigenvalue weighted by molar-refractivity contribution is 5.14. The molecule has 0 spiro atoms. The molecule has 0 fully saturated rings. The molecule has 0 saturated heterocycles. The van der Waals surface area contributed by atoms with Gasteiger partial charge in [0.25, 0.3) is 0 Å². The fourth-order valence-corrected chi connectivity index (χ4v) is 1.68. The third kappa shape index (κ3) is 6.41. The Balaban J connectivity index is 1.98. The molecule has 1 aromatic carbocycles. The van der Waals surface area contributed by atoms with Gasteiger partial charge in [-0.1, -0.05) is 30.3 Å². The first kappa shape index (κ1) is 14.2. The van der Waals surface area contributed by atoms with Crippen LogP contribution in [0.4, 0.5) is 0 Å².